The molecular formula is C66H128O17P2. The average molecular weight is 1260 g/mol. The highest BCUT2D eigenvalue weighted by Gasteiger charge is 2.30. The van der Waals surface area contributed by atoms with Crippen LogP contribution in [0.25, 0.3) is 0 Å². The van der Waals surface area contributed by atoms with Gasteiger partial charge in [-0.2, -0.15) is 0 Å². The van der Waals surface area contributed by atoms with Crippen LogP contribution in [0, 0.1) is 23.7 Å². The first-order valence-electron chi connectivity index (χ1n) is 34.2. The van der Waals surface area contributed by atoms with Gasteiger partial charge in [0.2, 0.25) is 0 Å². The molecule has 0 saturated carbocycles. The molecule has 19 heteroatoms. The van der Waals surface area contributed by atoms with Gasteiger partial charge < -0.3 is 33.8 Å². The van der Waals surface area contributed by atoms with Crippen LogP contribution in [0.3, 0.4) is 0 Å². The number of carbonyl (C=O) groups excluding carboxylic acids is 4. The van der Waals surface area contributed by atoms with Gasteiger partial charge in [-0.25, -0.2) is 9.13 Å². The third kappa shape index (κ3) is 60.7. The van der Waals surface area contributed by atoms with Crippen LogP contribution < -0.4 is 0 Å². The van der Waals surface area contributed by atoms with E-state index in [0.717, 1.165) is 108 Å². The Morgan fingerprint density at radius 1 is 0.294 bits per heavy atom. The second kappa shape index (κ2) is 56.1. The van der Waals surface area contributed by atoms with Crippen molar-refractivity contribution in [3.05, 3.63) is 0 Å². The maximum atomic E-state index is 13.0. The molecule has 0 rings (SSSR count). The molecule has 5 atom stereocenters. The Labute approximate surface area is 517 Å². The van der Waals surface area contributed by atoms with Gasteiger partial charge in [0.1, 0.15) is 19.3 Å². The smallest absolute Gasteiger partial charge is 0.462 e. The fourth-order valence-electron chi connectivity index (χ4n) is 9.78. The Morgan fingerprint density at radius 3 is 0.729 bits per heavy atom. The van der Waals surface area contributed by atoms with Crippen LogP contribution >= 0.6 is 15.6 Å². The zero-order valence-corrected chi connectivity index (χ0v) is 57.0. The summed E-state index contributed by atoms with van der Waals surface area (Å²) in [5, 5.41) is 10.5. The van der Waals surface area contributed by atoms with Gasteiger partial charge in [0, 0.05) is 25.7 Å². The van der Waals surface area contributed by atoms with Crippen LogP contribution in [-0.2, 0) is 65.4 Å². The van der Waals surface area contributed by atoms with Gasteiger partial charge in [-0.05, 0) is 49.4 Å². The Hall–Kier alpha value is -1.94. The summed E-state index contributed by atoms with van der Waals surface area (Å²) in [6.45, 7) is 14.0. The Bertz CT molecular complexity index is 1700. The number of hydrogen-bond donors (Lipinski definition) is 3. The Morgan fingerprint density at radius 2 is 0.494 bits per heavy atom. The summed E-state index contributed by atoms with van der Waals surface area (Å²) in [6, 6.07) is 0. The van der Waals surface area contributed by atoms with Crippen molar-refractivity contribution in [1.82, 2.24) is 0 Å². The minimum Gasteiger partial charge on any atom is -0.462 e. The second-order valence-electron chi connectivity index (χ2n) is 25.8. The Balaban J connectivity index is 5.25. The molecule has 0 aliphatic carbocycles. The average Bonchev–Trinajstić information content (AvgIpc) is 3.51. The lowest BCUT2D eigenvalue weighted by Gasteiger charge is -2.21. The van der Waals surface area contributed by atoms with E-state index < -0.39 is 97.5 Å². The van der Waals surface area contributed by atoms with E-state index in [1.54, 1.807) is 0 Å². The van der Waals surface area contributed by atoms with Crippen LogP contribution in [0.1, 0.15) is 319 Å². The lowest BCUT2D eigenvalue weighted by atomic mass is 10.0. The van der Waals surface area contributed by atoms with Crippen molar-refractivity contribution in [2.24, 2.45) is 23.7 Å². The van der Waals surface area contributed by atoms with Gasteiger partial charge in [-0.15, -0.1) is 0 Å². The lowest BCUT2D eigenvalue weighted by molar-refractivity contribution is -0.161. The largest absolute Gasteiger partial charge is 0.472 e. The van der Waals surface area contributed by atoms with Crippen molar-refractivity contribution in [3.63, 3.8) is 0 Å². The predicted octanol–water partition coefficient (Wildman–Crippen LogP) is 18.1. The molecule has 0 aromatic rings. The van der Waals surface area contributed by atoms with E-state index in [1.807, 2.05) is 0 Å². The van der Waals surface area contributed by atoms with Gasteiger partial charge in [-0.3, -0.25) is 37.3 Å². The summed E-state index contributed by atoms with van der Waals surface area (Å²) in [5.74, 6) is 0.759. The number of phosphoric ester groups is 2. The monoisotopic (exact) mass is 1250 g/mol. The summed E-state index contributed by atoms with van der Waals surface area (Å²) in [5.41, 5.74) is 0. The van der Waals surface area contributed by atoms with Crippen LogP contribution in [0.15, 0.2) is 0 Å². The van der Waals surface area contributed by atoms with Crippen LogP contribution in [0.4, 0.5) is 0 Å². The lowest BCUT2D eigenvalue weighted by Crippen LogP contribution is -2.30. The van der Waals surface area contributed by atoms with E-state index in [1.165, 1.54) is 116 Å². The molecule has 504 valence electrons. The van der Waals surface area contributed by atoms with Crippen molar-refractivity contribution in [2.75, 3.05) is 39.6 Å². The van der Waals surface area contributed by atoms with E-state index in [2.05, 4.69) is 55.4 Å². The third-order valence-corrected chi connectivity index (χ3v) is 17.0. The van der Waals surface area contributed by atoms with Gasteiger partial charge in [0.15, 0.2) is 12.2 Å². The molecule has 3 unspecified atom stereocenters. The van der Waals surface area contributed by atoms with Gasteiger partial charge in [0.25, 0.3) is 0 Å². The van der Waals surface area contributed by atoms with Crippen molar-refractivity contribution < 1.29 is 80.2 Å². The van der Waals surface area contributed by atoms with Gasteiger partial charge in [-0.1, -0.05) is 267 Å². The summed E-state index contributed by atoms with van der Waals surface area (Å²) < 4.78 is 68.1. The summed E-state index contributed by atoms with van der Waals surface area (Å²) in [6.07, 6.45) is 36.4. The SMILES string of the molecule is CC(C)CCCCCCCCCCCCC(=O)O[C@H](COC(=O)CCCCCCCCCC(C)C)COP(=O)(O)OCC(O)COP(=O)(O)OC[C@@H](COC(=O)CCCCCCCCCCCC(C)C)OC(=O)CCCCCCCCCC(C)C. The molecule has 0 spiro atoms. The number of hydrogen-bond acceptors (Lipinski definition) is 15. The molecule has 0 radical (unpaired) electrons. The Kier molecular flexibility index (Phi) is 54.8. The van der Waals surface area contributed by atoms with Crippen LogP contribution in [0.5, 0.6) is 0 Å². The minimum absolute atomic E-state index is 0.102. The molecule has 0 aliphatic rings. The highest BCUT2D eigenvalue weighted by Crippen LogP contribution is 2.45. The topological polar surface area (TPSA) is 237 Å². The zero-order valence-electron chi connectivity index (χ0n) is 55.2. The van der Waals surface area contributed by atoms with E-state index in [4.69, 9.17) is 37.0 Å². The summed E-state index contributed by atoms with van der Waals surface area (Å²) in [4.78, 5) is 72.3. The molecule has 0 bridgehead atoms. The van der Waals surface area contributed by atoms with Gasteiger partial charge in [0.05, 0.1) is 26.4 Å². The molecule has 0 aliphatic heterocycles. The molecule has 17 nitrogen and oxygen atoms in total. The van der Waals surface area contributed by atoms with Crippen molar-refractivity contribution in [2.45, 2.75) is 337 Å². The maximum absolute atomic E-state index is 13.0. The molecule has 0 heterocycles. The van der Waals surface area contributed by atoms with Gasteiger partial charge >= 0.3 is 39.5 Å². The predicted molar refractivity (Wildman–Crippen MR) is 340 cm³/mol. The molecule has 0 aromatic carbocycles. The number of phosphoric acid groups is 2. The van der Waals surface area contributed by atoms with E-state index in [9.17, 15) is 43.2 Å². The fraction of sp³-hybridized carbons (Fsp3) is 0.939. The van der Waals surface area contributed by atoms with E-state index in [0.29, 0.717) is 37.5 Å². The fourth-order valence-corrected chi connectivity index (χ4v) is 11.4. The summed E-state index contributed by atoms with van der Waals surface area (Å²) in [7, 11) is -9.89. The minimum atomic E-state index is -4.95. The molecular weight excluding hydrogens is 1130 g/mol. The first-order chi connectivity index (χ1) is 40.6. The number of aliphatic hydroxyl groups is 1. The quantitative estimate of drug-likeness (QED) is 0.0222. The van der Waals surface area contributed by atoms with Crippen LogP contribution in [-0.4, -0.2) is 96.7 Å². The van der Waals surface area contributed by atoms with E-state index >= 15 is 0 Å². The number of carbonyl (C=O) groups is 4. The molecule has 3 N–H and O–H groups in total. The molecule has 0 aromatic heterocycles. The number of unbranched alkanes of at least 4 members (excludes halogenated alkanes) is 29. The molecule has 0 amide bonds. The zero-order chi connectivity index (χ0) is 63.2. The number of esters is 4. The van der Waals surface area contributed by atoms with Crippen molar-refractivity contribution in [1.29, 1.82) is 0 Å². The molecule has 0 fully saturated rings. The van der Waals surface area contributed by atoms with Crippen LogP contribution in [0.2, 0.25) is 0 Å². The van der Waals surface area contributed by atoms with E-state index in [-0.39, 0.29) is 25.7 Å². The molecule has 85 heavy (non-hydrogen) atoms. The van der Waals surface area contributed by atoms with Crippen molar-refractivity contribution in [3.8, 4) is 0 Å². The standard InChI is InChI=1S/C66H128O17P2/c1-56(2)42-34-26-18-12-9-10-14-23-32-40-48-65(70)82-61(53-77-64(69)47-39-31-24-16-20-28-36-44-58(5)6)54-80-84(72,73)78-50-60(67)51-79-85(74,75)81-55-62(83-66(71)49-41-33-25-17-21-29-37-45-59(7)8)52-76-63(68)46-38-30-22-15-11-13-19-27-35-43-57(3)4/h56-62,67H,9-55H2,1-8H3,(H,72,73)(H,74,75)/t60?,61-,62-/m1/s1. The second-order valence-corrected chi connectivity index (χ2v) is 28.7. The highest BCUT2D eigenvalue weighted by atomic mass is 31.2. The number of ether oxygens (including phenoxy) is 4. The number of rotatable bonds is 63. The third-order valence-electron chi connectivity index (χ3n) is 15.1. The highest BCUT2D eigenvalue weighted by molar-refractivity contribution is 7.47. The van der Waals surface area contributed by atoms with Crippen molar-refractivity contribution >= 4 is 39.5 Å². The first-order valence-corrected chi connectivity index (χ1v) is 37.2. The summed E-state index contributed by atoms with van der Waals surface area (Å²) >= 11 is 0. The maximum Gasteiger partial charge on any atom is 0.472 e. The molecule has 0 saturated heterocycles. The first kappa shape index (κ1) is 83.1. The number of aliphatic hydroxyl groups excluding tert-OH is 1. The normalized spacial score (nSPS) is 14.4.